The van der Waals surface area contributed by atoms with Gasteiger partial charge >= 0.3 is 5.97 Å². The SMILES string of the molecule is Nc1cc(C(=O)O)cc(N2CC(c3ccccc3)CCS2(=O)=O)c1. The van der Waals surface area contributed by atoms with E-state index in [1.54, 1.807) is 0 Å². The van der Waals surface area contributed by atoms with Gasteiger partial charge in [-0.1, -0.05) is 30.3 Å². The predicted octanol–water partition coefficient (Wildman–Crippen LogP) is 2.29. The number of hydrogen-bond acceptors (Lipinski definition) is 4. The molecule has 1 aliphatic rings. The number of nitrogens with zero attached hydrogens (tertiary/aromatic N) is 1. The Kier molecular flexibility index (Phi) is 4.19. The second-order valence-electron chi connectivity index (χ2n) is 5.86. The van der Waals surface area contributed by atoms with E-state index < -0.39 is 16.0 Å². The van der Waals surface area contributed by atoms with Crippen LogP contribution in [0, 0.1) is 0 Å². The monoisotopic (exact) mass is 346 g/mol. The molecule has 1 atom stereocenters. The summed E-state index contributed by atoms with van der Waals surface area (Å²) in [7, 11) is -3.49. The second kappa shape index (κ2) is 6.16. The Bertz CT molecular complexity index is 865. The van der Waals surface area contributed by atoms with Gasteiger partial charge in [-0.3, -0.25) is 4.31 Å². The van der Waals surface area contributed by atoms with E-state index in [0.717, 1.165) is 5.56 Å². The second-order valence-corrected chi connectivity index (χ2v) is 7.87. The fourth-order valence-corrected chi connectivity index (χ4v) is 4.61. The lowest BCUT2D eigenvalue weighted by Gasteiger charge is -2.34. The van der Waals surface area contributed by atoms with Gasteiger partial charge in [-0.2, -0.15) is 0 Å². The Labute approximate surface area is 140 Å². The van der Waals surface area contributed by atoms with Crippen LogP contribution in [0.5, 0.6) is 0 Å². The number of carboxylic acids is 1. The number of anilines is 2. The molecule has 1 fully saturated rings. The first-order valence-electron chi connectivity index (χ1n) is 7.56. The number of carboxylic acid groups (broad SMARTS) is 1. The summed E-state index contributed by atoms with van der Waals surface area (Å²) in [5, 5.41) is 9.17. The number of hydrogen-bond donors (Lipinski definition) is 2. The molecule has 0 aliphatic carbocycles. The summed E-state index contributed by atoms with van der Waals surface area (Å²) in [5.41, 5.74) is 7.32. The van der Waals surface area contributed by atoms with E-state index in [1.807, 2.05) is 30.3 Å². The van der Waals surface area contributed by atoms with Gasteiger partial charge in [0.1, 0.15) is 0 Å². The lowest BCUT2D eigenvalue weighted by molar-refractivity contribution is 0.0697. The van der Waals surface area contributed by atoms with Gasteiger partial charge in [0.2, 0.25) is 10.0 Å². The molecule has 1 saturated heterocycles. The maximum absolute atomic E-state index is 12.5. The van der Waals surface area contributed by atoms with Gasteiger partial charge in [-0.15, -0.1) is 0 Å². The zero-order valence-corrected chi connectivity index (χ0v) is 13.7. The Balaban J connectivity index is 1.99. The fourth-order valence-electron chi connectivity index (χ4n) is 2.97. The molecule has 0 radical (unpaired) electrons. The van der Waals surface area contributed by atoms with Crippen LogP contribution in [0.1, 0.15) is 28.3 Å². The highest BCUT2D eigenvalue weighted by Gasteiger charge is 2.33. The third kappa shape index (κ3) is 3.21. The van der Waals surface area contributed by atoms with E-state index in [2.05, 4.69) is 0 Å². The van der Waals surface area contributed by atoms with Crippen molar-refractivity contribution in [2.24, 2.45) is 0 Å². The maximum atomic E-state index is 12.5. The number of nitrogen functional groups attached to an aromatic ring is 1. The van der Waals surface area contributed by atoms with Crippen molar-refractivity contribution in [3.8, 4) is 0 Å². The van der Waals surface area contributed by atoms with Gasteiger partial charge in [0, 0.05) is 18.2 Å². The molecule has 0 saturated carbocycles. The molecule has 0 amide bonds. The molecular weight excluding hydrogens is 328 g/mol. The van der Waals surface area contributed by atoms with Gasteiger partial charge in [-0.05, 0) is 30.2 Å². The Morgan fingerprint density at radius 3 is 2.54 bits per heavy atom. The third-order valence-corrected chi connectivity index (χ3v) is 5.98. The molecule has 2 aromatic carbocycles. The summed E-state index contributed by atoms with van der Waals surface area (Å²) >= 11 is 0. The number of benzene rings is 2. The molecule has 3 N–H and O–H groups in total. The highest BCUT2D eigenvalue weighted by atomic mass is 32.2. The van der Waals surface area contributed by atoms with Crippen molar-refractivity contribution in [2.75, 3.05) is 22.3 Å². The van der Waals surface area contributed by atoms with Crippen molar-refractivity contribution in [2.45, 2.75) is 12.3 Å². The molecule has 1 aliphatic heterocycles. The lowest BCUT2D eigenvalue weighted by atomic mass is 9.96. The predicted molar refractivity (Wildman–Crippen MR) is 92.7 cm³/mol. The topological polar surface area (TPSA) is 101 Å². The van der Waals surface area contributed by atoms with Gasteiger partial charge in [-0.25, -0.2) is 13.2 Å². The molecule has 0 spiro atoms. The molecule has 7 heteroatoms. The van der Waals surface area contributed by atoms with Crippen LogP contribution in [0.25, 0.3) is 0 Å². The quantitative estimate of drug-likeness (QED) is 0.831. The summed E-state index contributed by atoms with van der Waals surface area (Å²) in [6.45, 7) is 0.273. The fraction of sp³-hybridized carbons (Fsp3) is 0.235. The number of aromatic carboxylic acids is 1. The van der Waals surface area contributed by atoms with Gasteiger partial charge < -0.3 is 10.8 Å². The summed E-state index contributed by atoms with van der Waals surface area (Å²) in [6, 6.07) is 13.9. The average Bonchev–Trinajstić information content (AvgIpc) is 2.54. The molecule has 2 aromatic rings. The van der Waals surface area contributed by atoms with Crippen LogP contribution in [0.2, 0.25) is 0 Å². The van der Waals surface area contributed by atoms with E-state index in [1.165, 1.54) is 22.5 Å². The highest BCUT2D eigenvalue weighted by Crippen LogP contribution is 2.33. The highest BCUT2D eigenvalue weighted by molar-refractivity contribution is 7.92. The van der Waals surface area contributed by atoms with Crippen LogP contribution in [-0.4, -0.2) is 31.8 Å². The van der Waals surface area contributed by atoms with Gasteiger partial charge in [0.15, 0.2) is 0 Å². The van der Waals surface area contributed by atoms with E-state index in [9.17, 15) is 13.2 Å². The average molecular weight is 346 g/mol. The minimum Gasteiger partial charge on any atom is -0.478 e. The van der Waals surface area contributed by atoms with Crippen LogP contribution in [0.3, 0.4) is 0 Å². The molecule has 1 unspecified atom stereocenters. The van der Waals surface area contributed by atoms with Gasteiger partial charge in [0.05, 0.1) is 17.0 Å². The van der Waals surface area contributed by atoms with Crippen molar-refractivity contribution < 1.29 is 18.3 Å². The Hall–Kier alpha value is -2.54. The zero-order chi connectivity index (χ0) is 17.3. The largest absolute Gasteiger partial charge is 0.478 e. The Morgan fingerprint density at radius 2 is 1.88 bits per heavy atom. The molecule has 3 rings (SSSR count). The van der Waals surface area contributed by atoms with E-state index in [0.29, 0.717) is 12.1 Å². The summed E-state index contributed by atoms with van der Waals surface area (Å²) in [4.78, 5) is 11.2. The lowest BCUT2D eigenvalue weighted by Crippen LogP contribution is -2.41. The van der Waals surface area contributed by atoms with E-state index >= 15 is 0 Å². The smallest absolute Gasteiger partial charge is 0.335 e. The number of sulfonamides is 1. The van der Waals surface area contributed by atoms with Crippen LogP contribution < -0.4 is 10.0 Å². The standard InChI is InChI=1S/C17H18N2O4S/c18-15-8-14(17(20)21)9-16(10-15)19-11-13(6-7-24(19,22)23)12-4-2-1-3-5-12/h1-5,8-10,13H,6-7,11,18H2,(H,20,21). The molecule has 24 heavy (non-hydrogen) atoms. The first-order valence-corrected chi connectivity index (χ1v) is 9.17. The van der Waals surface area contributed by atoms with Crippen LogP contribution in [-0.2, 0) is 10.0 Å². The summed E-state index contributed by atoms with van der Waals surface area (Å²) in [5.74, 6) is -1.06. The number of rotatable bonds is 3. The Morgan fingerprint density at radius 1 is 1.17 bits per heavy atom. The molecular formula is C17H18N2O4S. The third-order valence-electron chi connectivity index (χ3n) is 4.19. The number of nitrogens with two attached hydrogens (primary N) is 1. The molecule has 0 bridgehead atoms. The molecule has 0 aromatic heterocycles. The summed E-state index contributed by atoms with van der Waals surface area (Å²) in [6.07, 6.45) is 0.539. The van der Waals surface area contributed by atoms with Crippen molar-refractivity contribution in [1.29, 1.82) is 0 Å². The van der Waals surface area contributed by atoms with Crippen LogP contribution >= 0.6 is 0 Å². The first kappa shape index (κ1) is 16.3. The molecule has 6 nitrogen and oxygen atoms in total. The number of carbonyl (C=O) groups is 1. The van der Waals surface area contributed by atoms with Crippen LogP contribution in [0.15, 0.2) is 48.5 Å². The first-order chi connectivity index (χ1) is 11.4. The normalized spacial score (nSPS) is 19.8. The van der Waals surface area contributed by atoms with Gasteiger partial charge in [0.25, 0.3) is 0 Å². The minimum absolute atomic E-state index is 0.0176. The van der Waals surface area contributed by atoms with Crippen molar-refractivity contribution in [3.05, 3.63) is 59.7 Å². The van der Waals surface area contributed by atoms with Crippen LogP contribution in [0.4, 0.5) is 11.4 Å². The molecule has 1 heterocycles. The van der Waals surface area contributed by atoms with Crippen molar-refractivity contribution in [1.82, 2.24) is 0 Å². The maximum Gasteiger partial charge on any atom is 0.335 e. The van der Waals surface area contributed by atoms with Crippen molar-refractivity contribution in [3.63, 3.8) is 0 Å². The van der Waals surface area contributed by atoms with E-state index in [-0.39, 0.29) is 29.5 Å². The molecule has 126 valence electrons. The van der Waals surface area contributed by atoms with Crippen molar-refractivity contribution >= 4 is 27.4 Å². The minimum atomic E-state index is -3.49. The zero-order valence-electron chi connectivity index (χ0n) is 12.9. The van der Waals surface area contributed by atoms with E-state index in [4.69, 9.17) is 10.8 Å². The summed E-state index contributed by atoms with van der Waals surface area (Å²) < 4.78 is 26.3.